The highest BCUT2D eigenvalue weighted by Crippen LogP contribution is 2.30. The van der Waals surface area contributed by atoms with E-state index in [1.165, 1.54) is 28.2 Å². The number of nitrogens with zero attached hydrogens (tertiary/aromatic N) is 6. The second-order valence-electron chi connectivity index (χ2n) is 8.51. The molecule has 3 N–H and O–H groups in total. The summed E-state index contributed by atoms with van der Waals surface area (Å²) in [5.41, 5.74) is 5.61. The Labute approximate surface area is 187 Å². The van der Waals surface area contributed by atoms with E-state index in [-0.39, 0.29) is 41.3 Å². The van der Waals surface area contributed by atoms with Crippen LogP contribution < -0.4 is 5.73 Å². The molecule has 33 heavy (non-hydrogen) atoms. The van der Waals surface area contributed by atoms with Gasteiger partial charge in [0.15, 0.2) is 11.6 Å². The second-order valence-corrected chi connectivity index (χ2v) is 8.51. The Kier molecular flexibility index (Phi) is 5.16. The summed E-state index contributed by atoms with van der Waals surface area (Å²) in [5, 5.41) is 7.52. The molecule has 4 heterocycles. The van der Waals surface area contributed by atoms with Crippen molar-refractivity contribution >= 4 is 28.5 Å². The third-order valence-electron chi connectivity index (χ3n) is 6.50. The number of fused-ring (bicyclic) bond motifs is 1. The number of halogens is 1. The fourth-order valence-corrected chi connectivity index (χ4v) is 4.67. The number of nitrogens with one attached hydrogen (secondary N) is 1. The summed E-state index contributed by atoms with van der Waals surface area (Å²) in [6, 6.07) is 0. The molecule has 0 bridgehead atoms. The summed E-state index contributed by atoms with van der Waals surface area (Å²) in [6.45, 7) is 1.03. The zero-order valence-electron chi connectivity index (χ0n) is 17.8. The Morgan fingerprint density at radius 1 is 1.09 bits per heavy atom. The lowest BCUT2D eigenvalue weighted by Crippen LogP contribution is -2.59. The van der Waals surface area contributed by atoms with E-state index in [2.05, 4.69) is 20.3 Å². The monoisotopic (exact) mass is 454 g/mol. The van der Waals surface area contributed by atoms with Gasteiger partial charge >= 0.3 is 0 Å². The minimum Gasteiger partial charge on any atom is -0.357 e. The molecule has 2 amide bonds. The first kappa shape index (κ1) is 21.2. The van der Waals surface area contributed by atoms with Crippen LogP contribution in [-0.4, -0.2) is 84.1 Å². The van der Waals surface area contributed by atoms with Crippen LogP contribution in [0.2, 0.25) is 0 Å². The lowest BCUT2D eigenvalue weighted by molar-refractivity contribution is -0.141. The van der Waals surface area contributed by atoms with Gasteiger partial charge in [0, 0.05) is 32.4 Å². The molecule has 1 saturated carbocycles. The van der Waals surface area contributed by atoms with Gasteiger partial charge in [-0.25, -0.2) is 14.1 Å². The number of pyridine rings is 1. The number of carbonyl (C=O) groups is 3. The van der Waals surface area contributed by atoms with Crippen molar-refractivity contribution in [3.63, 3.8) is 0 Å². The van der Waals surface area contributed by atoms with E-state index in [0.717, 1.165) is 19.0 Å². The third-order valence-corrected chi connectivity index (χ3v) is 6.50. The van der Waals surface area contributed by atoms with Crippen molar-refractivity contribution in [1.29, 1.82) is 0 Å². The number of hydrogen-bond acceptors (Lipinski definition) is 7. The summed E-state index contributed by atoms with van der Waals surface area (Å²) < 4.78 is 16.0. The van der Waals surface area contributed by atoms with Crippen LogP contribution in [0, 0.1) is 5.82 Å². The molecule has 1 aliphatic carbocycles. The van der Waals surface area contributed by atoms with E-state index in [1.54, 1.807) is 4.90 Å². The van der Waals surface area contributed by atoms with Crippen molar-refractivity contribution < 1.29 is 18.8 Å². The van der Waals surface area contributed by atoms with E-state index in [4.69, 9.17) is 5.73 Å². The van der Waals surface area contributed by atoms with Gasteiger partial charge in [-0.05, 0) is 12.8 Å². The van der Waals surface area contributed by atoms with Gasteiger partial charge in [0.25, 0.3) is 11.7 Å². The van der Waals surface area contributed by atoms with Gasteiger partial charge in [-0.2, -0.15) is 0 Å². The molecule has 3 aromatic heterocycles. The van der Waals surface area contributed by atoms with Crippen LogP contribution in [0.4, 0.5) is 4.39 Å². The van der Waals surface area contributed by atoms with Crippen molar-refractivity contribution in [2.45, 2.75) is 31.2 Å². The van der Waals surface area contributed by atoms with Gasteiger partial charge in [0.05, 0.1) is 40.6 Å². The number of aromatic nitrogens is 5. The molecule has 3 aromatic rings. The van der Waals surface area contributed by atoms with Gasteiger partial charge in [0.2, 0.25) is 5.91 Å². The SMILES string of the molecule is NC1(C(=O)N2CCN(C(=O)C(=O)c3c[nH]c4c(-n5ccnn5)ncc(F)c34)CC2)CCCC1. The fourth-order valence-electron chi connectivity index (χ4n) is 4.67. The smallest absolute Gasteiger partial charge is 0.295 e. The maximum Gasteiger partial charge on any atom is 0.295 e. The average Bonchev–Trinajstić information content (AvgIpc) is 3.60. The van der Waals surface area contributed by atoms with Gasteiger partial charge in [0.1, 0.15) is 0 Å². The number of amides is 2. The number of ketones is 1. The zero-order valence-corrected chi connectivity index (χ0v) is 17.8. The molecule has 12 heteroatoms. The average molecular weight is 454 g/mol. The maximum atomic E-state index is 14.6. The lowest BCUT2D eigenvalue weighted by atomic mass is 9.97. The summed E-state index contributed by atoms with van der Waals surface area (Å²) in [5.74, 6) is -2.14. The van der Waals surface area contributed by atoms with Crippen molar-refractivity contribution in [3.05, 3.63) is 36.2 Å². The molecular formula is C21H23FN8O3. The number of Topliss-reactive ketones (excluding diaryl/α,β-unsaturated/α-hetero) is 1. The van der Waals surface area contributed by atoms with Crippen LogP contribution in [0.25, 0.3) is 16.7 Å². The first-order chi connectivity index (χ1) is 15.9. The van der Waals surface area contributed by atoms with E-state index in [0.29, 0.717) is 25.9 Å². The van der Waals surface area contributed by atoms with Crippen molar-refractivity contribution in [2.75, 3.05) is 26.2 Å². The minimum atomic E-state index is -0.832. The van der Waals surface area contributed by atoms with E-state index >= 15 is 0 Å². The van der Waals surface area contributed by atoms with Gasteiger partial charge < -0.3 is 20.5 Å². The molecular weight excluding hydrogens is 431 g/mol. The van der Waals surface area contributed by atoms with Gasteiger partial charge in [-0.3, -0.25) is 14.4 Å². The van der Waals surface area contributed by atoms with E-state index in [9.17, 15) is 18.8 Å². The molecule has 0 spiro atoms. The van der Waals surface area contributed by atoms with E-state index in [1.807, 2.05) is 0 Å². The topological polar surface area (TPSA) is 143 Å². The third kappa shape index (κ3) is 3.55. The highest BCUT2D eigenvalue weighted by Gasteiger charge is 2.41. The number of piperazine rings is 1. The molecule has 5 rings (SSSR count). The Morgan fingerprint density at radius 2 is 1.79 bits per heavy atom. The zero-order chi connectivity index (χ0) is 23.2. The highest BCUT2D eigenvalue weighted by molar-refractivity contribution is 6.45. The van der Waals surface area contributed by atoms with E-state index < -0.39 is 23.0 Å². The molecule has 172 valence electrons. The molecule has 0 atom stereocenters. The van der Waals surface area contributed by atoms with Gasteiger partial charge in [-0.1, -0.05) is 18.1 Å². The molecule has 0 unspecified atom stereocenters. The van der Waals surface area contributed by atoms with Crippen LogP contribution >= 0.6 is 0 Å². The summed E-state index contributed by atoms with van der Waals surface area (Å²) >= 11 is 0. The summed E-state index contributed by atoms with van der Waals surface area (Å²) in [6.07, 6.45) is 8.46. The van der Waals surface area contributed by atoms with Crippen molar-refractivity contribution in [2.24, 2.45) is 5.73 Å². The summed E-state index contributed by atoms with van der Waals surface area (Å²) in [4.78, 5) is 48.6. The Balaban J connectivity index is 1.33. The predicted molar refractivity (Wildman–Crippen MR) is 114 cm³/mol. The maximum absolute atomic E-state index is 14.6. The quantitative estimate of drug-likeness (QED) is 0.429. The fraction of sp³-hybridized carbons (Fsp3) is 0.429. The molecule has 0 radical (unpaired) electrons. The molecule has 2 fully saturated rings. The molecule has 2 aliphatic rings. The Hall–Kier alpha value is -3.67. The molecule has 0 aromatic carbocycles. The van der Waals surface area contributed by atoms with Crippen LogP contribution in [0.3, 0.4) is 0 Å². The largest absolute Gasteiger partial charge is 0.357 e. The molecule has 11 nitrogen and oxygen atoms in total. The highest BCUT2D eigenvalue weighted by atomic mass is 19.1. The number of carbonyl (C=O) groups excluding carboxylic acids is 3. The number of nitrogens with two attached hydrogens (primary N) is 1. The predicted octanol–water partition coefficient (Wildman–Crippen LogP) is 0.408. The Morgan fingerprint density at radius 3 is 2.45 bits per heavy atom. The number of H-pyrrole nitrogens is 1. The normalized spacial score (nSPS) is 18.1. The number of hydrogen-bond donors (Lipinski definition) is 2. The number of rotatable bonds is 4. The van der Waals surface area contributed by atoms with Crippen LogP contribution in [0.15, 0.2) is 24.8 Å². The first-order valence-corrected chi connectivity index (χ1v) is 10.8. The first-order valence-electron chi connectivity index (χ1n) is 10.8. The minimum absolute atomic E-state index is 0.0334. The lowest BCUT2D eigenvalue weighted by Gasteiger charge is -2.38. The van der Waals surface area contributed by atoms with Crippen molar-refractivity contribution in [3.8, 4) is 5.82 Å². The van der Waals surface area contributed by atoms with Crippen LogP contribution in [0.5, 0.6) is 0 Å². The van der Waals surface area contributed by atoms with Crippen molar-refractivity contribution in [1.82, 2.24) is 34.8 Å². The van der Waals surface area contributed by atoms with Gasteiger partial charge in [-0.15, -0.1) is 5.10 Å². The van der Waals surface area contributed by atoms with Crippen LogP contribution in [-0.2, 0) is 9.59 Å². The number of aromatic amines is 1. The Bertz CT molecular complexity index is 1220. The molecule has 1 saturated heterocycles. The second kappa shape index (κ2) is 8.03. The standard InChI is InChI=1S/C21H23FN8O3/c22-14-12-25-18(30-6-5-26-27-30)16-15(14)13(11-24-16)17(31)19(32)28-7-9-29(10-8-28)20(33)21(23)3-1-2-4-21/h5-6,11-12,24H,1-4,7-10,23H2. The summed E-state index contributed by atoms with van der Waals surface area (Å²) in [7, 11) is 0. The molecule has 1 aliphatic heterocycles. The van der Waals surface area contributed by atoms with Crippen LogP contribution in [0.1, 0.15) is 36.0 Å².